The second-order valence-electron chi connectivity index (χ2n) is 3.23. The van der Waals surface area contributed by atoms with Crippen LogP contribution in [0.4, 0.5) is 5.82 Å². The average Bonchev–Trinajstić information content (AvgIpc) is 2.73. The molecule has 2 rings (SSSR count). The number of H-pyrrole nitrogens is 1. The SMILES string of the molecule is Cc1ccnc(NCc2ccn[nH]2)c1Br. The van der Waals surface area contributed by atoms with Crippen LogP contribution < -0.4 is 5.32 Å². The summed E-state index contributed by atoms with van der Waals surface area (Å²) in [6, 6.07) is 3.89. The third-order valence-corrected chi connectivity index (χ3v) is 3.09. The van der Waals surface area contributed by atoms with E-state index >= 15 is 0 Å². The normalized spacial score (nSPS) is 10.3. The van der Waals surface area contributed by atoms with Gasteiger partial charge in [-0.15, -0.1) is 0 Å². The highest BCUT2D eigenvalue weighted by Gasteiger charge is 2.03. The lowest BCUT2D eigenvalue weighted by molar-refractivity contribution is 0.972. The molecule has 0 saturated heterocycles. The lowest BCUT2D eigenvalue weighted by Crippen LogP contribution is -2.02. The second-order valence-corrected chi connectivity index (χ2v) is 4.02. The maximum atomic E-state index is 4.25. The summed E-state index contributed by atoms with van der Waals surface area (Å²) in [5.74, 6) is 0.851. The van der Waals surface area contributed by atoms with E-state index in [0.29, 0.717) is 6.54 Å². The van der Waals surface area contributed by atoms with Gasteiger partial charge in [-0.3, -0.25) is 5.10 Å². The summed E-state index contributed by atoms with van der Waals surface area (Å²) in [5, 5.41) is 9.99. The number of anilines is 1. The Morgan fingerprint density at radius 3 is 3.00 bits per heavy atom. The van der Waals surface area contributed by atoms with E-state index in [0.717, 1.165) is 21.5 Å². The van der Waals surface area contributed by atoms with Crippen molar-refractivity contribution in [3.8, 4) is 0 Å². The molecule has 4 nitrogen and oxygen atoms in total. The van der Waals surface area contributed by atoms with Gasteiger partial charge in [-0.05, 0) is 40.5 Å². The predicted octanol–water partition coefficient (Wildman–Crippen LogP) is 2.49. The van der Waals surface area contributed by atoms with Crippen LogP contribution in [-0.4, -0.2) is 15.2 Å². The Kier molecular flexibility index (Phi) is 3.01. The number of aromatic amines is 1. The quantitative estimate of drug-likeness (QED) is 0.898. The van der Waals surface area contributed by atoms with Crippen LogP contribution in [-0.2, 0) is 6.54 Å². The van der Waals surface area contributed by atoms with E-state index < -0.39 is 0 Å². The Morgan fingerprint density at radius 1 is 1.40 bits per heavy atom. The number of nitrogens with zero attached hydrogens (tertiary/aromatic N) is 2. The first-order chi connectivity index (χ1) is 7.27. The monoisotopic (exact) mass is 266 g/mol. The molecule has 0 amide bonds. The molecule has 0 aromatic carbocycles. The minimum Gasteiger partial charge on any atom is -0.363 e. The number of rotatable bonds is 3. The molecule has 0 bridgehead atoms. The van der Waals surface area contributed by atoms with E-state index in [4.69, 9.17) is 0 Å². The predicted molar refractivity (Wildman–Crippen MR) is 62.6 cm³/mol. The van der Waals surface area contributed by atoms with Crippen molar-refractivity contribution in [1.29, 1.82) is 0 Å². The van der Waals surface area contributed by atoms with Crippen LogP contribution in [0.25, 0.3) is 0 Å². The van der Waals surface area contributed by atoms with Crippen molar-refractivity contribution >= 4 is 21.7 Å². The van der Waals surface area contributed by atoms with Gasteiger partial charge >= 0.3 is 0 Å². The highest BCUT2D eigenvalue weighted by Crippen LogP contribution is 2.23. The van der Waals surface area contributed by atoms with Gasteiger partial charge in [0.05, 0.1) is 16.7 Å². The fourth-order valence-electron chi connectivity index (χ4n) is 1.23. The minimum absolute atomic E-state index is 0.690. The van der Waals surface area contributed by atoms with Gasteiger partial charge in [0.15, 0.2) is 0 Å². The summed E-state index contributed by atoms with van der Waals surface area (Å²) in [6.07, 6.45) is 3.52. The number of pyridine rings is 1. The van der Waals surface area contributed by atoms with E-state index in [1.807, 2.05) is 19.1 Å². The lowest BCUT2D eigenvalue weighted by atomic mass is 10.3. The molecular weight excluding hydrogens is 256 g/mol. The Bertz CT molecular complexity index is 439. The number of aryl methyl sites for hydroxylation is 1. The fraction of sp³-hybridized carbons (Fsp3) is 0.200. The molecule has 0 fully saturated rings. The zero-order chi connectivity index (χ0) is 10.7. The largest absolute Gasteiger partial charge is 0.363 e. The first-order valence-corrected chi connectivity index (χ1v) is 5.40. The lowest BCUT2D eigenvalue weighted by Gasteiger charge is -2.07. The molecule has 0 unspecified atom stereocenters. The standard InChI is InChI=1S/C10H11BrN4/c1-7-2-4-12-10(9(7)11)13-6-8-3-5-14-15-8/h2-5H,6H2,1H3,(H,12,13)(H,14,15). The van der Waals surface area contributed by atoms with Gasteiger partial charge in [-0.25, -0.2) is 4.98 Å². The molecule has 5 heteroatoms. The van der Waals surface area contributed by atoms with Crippen molar-refractivity contribution in [2.24, 2.45) is 0 Å². The van der Waals surface area contributed by atoms with Crippen molar-refractivity contribution in [2.45, 2.75) is 13.5 Å². The Morgan fingerprint density at radius 2 is 2.27 bits per heavy atom. The van der Waals surface area contributed by atoms with Gasteiger partial charge < -0.3 is 5.32 Å². The zero-order valence-corrected chi connectivity index (χ0v) is 9.87. The van der Waals surface area contributed by atoms with Crippen molar-refractivity contribution < 1.29 is 0 Å². The van der Waals surface area contributed by atoms with Crippen LogP contribution in [0, 0.1) is 6.92 Å². The third kappa shape index (κ3) is 2.36. The zero-order valence-electron chi connectivity index (χ0n) is 8.29. The minimum atomic E-state index is 0.690. The second kappa shape index (κ2) is 4.44. The molecule has 2 heterocycles. The molecule has 0 saturated carbocycles. The first kappa shape index (κ1) is 10.2. The first-order valence-electron chi connectivity index (χ1n) is 4.60. The average molecular weight is 267 g/mol. The summed E-state index contributed by atoms with van der Waals surface area (Å²) in [7, 11) is 0. The third-order valence-electron chi connectivity index (χ3n) is 2.09. The van der Waals surface area contributed by atoms with E-state index in [9.17, 15) is 0 Å². The number of hydrogen-bond donors (Lipinski definition) is 2. The molecule has 2 aromatic rings. The molecule has 0 spiro atoms. The number of aromatic nitrogens is 3. The maximum absolute atomic E-state index is 4.25. The number of hydrogen-bond acceptors (Lipinski definition) is 3. The van der Waals surface area contributed by atoms with E-state index in [1.165, 1.54) is 0 Å². The summed E-state index contributed by atoms with van der Waals surface area (Å²) >= 11 is 3.49. The van der Waals surface area contributed by atoms with Crippen LogP contribution in [0.15, 0.2) is 29.0 Å². The van der Waals surface area contributed by atoms with Crippen LogP contribution in [0.2, 0.25) is 0 Å². The summed E-state index contributed by atoms with van der Waals surface area (Å²) in [6.45, 7) is 2.72. The highest BCUT2D eigenvalue weighted by molar-refractivity contribution is 9.10. The van der Waals surface area contributed by atoms with Gasteiger partial charge in [0, 0.05) is 12.4 Å². The summed E-state index contributed by atoms with van der Waals surface area (Å²) in [4.78, 5) is 4.25. The maximum Gasteiger partial charge on any atom is 0.140 e. The van der Waals surface area contributed by atoms with E-state index in [1.54, 1.807) is 12.4 Å². The van der Waals surface area contributed by atoms with Gasteiger partial charge in [0.1, 0.15) is 5.82 Å². The Labute approximate surface area is 96.3 Å². The van der Waals surface area contributed by atoms with Gasteiger partial charge in [-0.2, -0.15) is 5.10 Å². The van der Waals surface area contributed by atoms with Crippen molar-refractivity contribution in [3.05, 3.63) is 40.3 Å². The molecule has 0 aliphatic rings. The summed E-state index contributed by atoms with van der Waals surface area (Å²) < 4.78 is 1.00. The number of halogens is 1. The van der Waals surface area contributed by atoms with Gasteiger partial charge in [0.2, 0.25) is 0 Å². The van der Waals surface area contributed by atoms with Gasteiger partial charge in [-0.1, -0.05) is 0 Å². The van der Waals surface area contributed by atoms with E-state index in [2.05, 4.69) is 36.4 Å². The highest BCUT2D eigenvalue weighted by atomic mass is 79.9. The topological polar surface area (TPSA) is 53.6 Å². The molecule has 0 aliphatic heterocycles. The number of nitrogens with one attached hydrogen (secondary N) is 2. The van der Waals surface area contributed by atoms with Crippen LogP contribution in [0.5, 0.6) is 0 Å². The molecule has 78 valence electrons. The molecule has 0 radical (unpaired) electrons. The van der Waals surface area contributed by atoms with Crippen LogP contribution in [0.1, 0.15) is 11.3 Å². The van der Waals surface area contributed by atoms with Gasteiger partial charge in [0.25, 0.3) is 0 Å². The smallest absolute Gasteiger partial charge is 0.140 e. The molecule has 2 aromatic heterocycles. The molecular formula is C10H11BrN4. The summed E-state index contributed by atoms with van der Waals surface area (Å²) in [5.41, 5.74) is 2.20. The van der Waals surface area contributed by atoms with Crippen molar-refractivity contribution in [2.75, 3.05) is 5.32 Å². The Balaban J connectivity index is 2.08. The molecule has 2 N–H and O–H groups in total. The van der Waals surface area contributed by atoms with Crippen molar-refractivity contribution in [1.82, 2.24) is 15.2 Å². The Hall–Kier alpha value is -1.36. The molecule has 0 aliphatic carbocycles. The molecule has 15 heavy (non-hydrogen) atoms. The fourth-order valence-corrected chi connectivity index (χ4v) is 1.60. The van der Waals surface area contributed by atoms with Crippen molar-refractivity contribution in [3.63, 3.8) is 0 Å². The van der Waals surface area contributed by atoms with Crippen LogP contribution >= 0.6 is 15.9 Å². The van der Waals surface area contributed by atoms with Crippen LogP contribution in [0.3, 0.4) is 0 Å². The van der Waals surface area contributed by atoms with E-state index in [-0.39, 0.29) is 0 Å². The molecule has 0 atom stereocenters.